The molecule has 0 amide bonds. The van der Waals surface area contributed by atoms with Crippen LogP contribution in [0, 0.1) is 0 Å². The lowest BCUT2D eigenvalue weighted by atomic mass is 10.0. The Hall–Kier alpha value is -3.28. The lowest BCUT2D eigenvalue weighted by molar-refractivity contribution is 0.101. The summed E-state index contributed by atoms with van der Waals surface area (Å²) in [6.45, 7) is 1.30. The van der Waals surface area contributed by atoms with Gasteiger partial charge in [-0.25, -0.2) is 0 Å². The highest BCUT2D eigenvalue weighted by Gasteiger charge is 2.22. The molecule has 0 bridgehead atoms. The van der Waals surface area contributed by atoms with E-state index in [0.717, 1.165) is 0 Å². The Labute approximate surface area is 136 Å². The number of ether oxygens (including phenoxy) is 1. The number of hydrogen-bond donors (Lipinski definition) is 2. The maximum atomic E-state index is 12.4. The number of phenolic OH excluding ortho intramolecular Hbond substituents is 2. The minimum atomic E-state index is -0.404. The summed E-state index contributed by atoms with van der Waals surface area (Å²) in [7, 11) is 1.31. The molecule has 3 aromatic rings. The zero-order chi connectivity index (χ0) is 17.4. The van der Waals surface area contributed by atoms with E-state index in [-0.39, 0.29) is 39.5 Å². The van der Waals surface area contributed by atoms with Crippen LogP contribution >= 0.6 is 0 Å². The fraction of sp³-hybridized carbons (Fsp3) is 0.111. The molecular weight excluding hydrogens is 312 g/mol. The first-order chi connectivity index (χ1) is 11.4. The summed E-state index contributed by atoms with van der Waals surface area (Å²) in [4.78, 5) is 24.4. The number of phenols is 2. The average molecular weight is 326 g/mol. The summed E-state index contributed by atoms with van der Waals surface area (Å²) in [5, 5.41) is 19.4. The summed E-state index contributed by atoms with van der Waals surface area (Å²) in [6.07, 6.45) is 0. The van der Waals surface area contributed by atoms with Crippen LogP contribution in [0.3, 0.4) is 0 Å². The second kappa shape index (κ2) is 5.73. The molecule has 6 nitrogen and oxygen atoms in total. The van der Waals surface area contributed by atoms with Gasteiger partial charge in [-0.05, 0) is 37.3 Å². The Balaban J connectivity index is 2.39. The first kappa shape index (κ1) is 15.6. The van der Waals surface area contributed by atoms with E-state index in [1.165, 1.54) is 38.3 Å². The number of Topliss-reactive ketones (excluding diaryl/α,β-unsaturated/α-hetero) is 1. The van der Waals surface area contributed by atoms with Crippen molar-refractivity contribution in [1.29, 1.82) is 0 Å². The number of ketones is 1. The van der Waals surface area contributed by atoms with E-state index < -0.39 is 11.2 Å². The minimum absolute atomic E-state index is 0.00484. The molecule has 0 unspecified atom stereocenters. The Morgan fingerprint density at radius 1 is 1.12 bits per heavy atom. The third-order valence-corrected chi connectivity index (χ3v) is 3.66. The highest BCUT2D eigenvalue weighted by Crippen LogP contribution is 2.37. The molecule has 0 aliphatic rings. The zero-order valence-corrected chi connectivity index (χ0v) is 13.0. The molecule has 0 spiro atoms. The van der Waals surface area contributed by atoms with Crippen LogP contribution in [0.25, 0.3) is 22.3 Å². The van der Waals surface area contributed by atoms with Gasteiger partial charge < -0.3 is 19.4 Å². The van der Waals surface area contributed by atoms with E-state index in [1.54, 1.807) is 12.1 Å². The number of benzene rings is 2. The van der Waals surface area contributed by atoms with Crippen LogP contribution < -0.4 is 10.2 Å². The molecule has 0 saturated carbocycles. The minimum Gasteiger partial charge on any atom is -0.508 e. The monoisotopic (exact) mass is 326 g/mol. The van der Waals surface area contributed by atoms with Gasteiger partial charge in [-0.3, -0.25) is 9.59 Å². The van der Waals surface area contributed by atoms with Crippen molar-refractivity contribution in [1.82, 2.24) is 0 Å². The molecule has 0 atom stereocenters. The van der Waals surface area contributed by atoms with Gasteiger partial charge in [-0.2, -0.15) is 0 Å². The zero-order valence-electron chi connectivity index (χ0n) is 13.0. The maximum Gasteiger partial charge on any atom is 0.193 e. The molecule has 0 aliphatic carbocycles. The molecule has 2 N–H and O–H groups in total. The van der Waals surface area contributed by atoms with Crippen molar-refractivity contribution in [2.75, 3.05) is 7.11 Å². The van der Waals surface area contributed by atoms with E-state index in [4.69, 9.17) is 9.15 Å². The van der Waals surface area contributed by atoms with Crippen molar-refractivity contribution in [3.8, 4) is 28.6 Å². The van der Waals surface area contributed by atoms with Gasteiger partial charge in [0, 0.05) is 11.6 Å². The summed E-state index contributed by atoms with van der Waals surface area (Å²) < 4.78 is 10.8. The van der Waals surface area contributed by atoms with Gasteiger partial charge in [0.25, 0.3) is 0 Å². The number of carbonyl (C=O) groups is 1. The normalized spacial score (nSPS) is 10.8. The smallest absolute Gasteiger partial charge is 0.193 e. The standard InChI is InChI=1S/C18H14O6/c1-9(19)16-17-12(7-14(22)18(16)23-2)13(21)8-15(24-17)10-3-5-11(20)6-4-10/h3-8,20,22H,1-2H3. The fourth-order valence-corrected chi connectivity index (χ4v) is 2.55. The first-order valence-corrected chi connectivity index (χ1v) is 7.10. The Morgan fingerprint density at radius 2 is 1.79 bits per heavy atom. The third kappa shape index (κ3) is 2.48. The summed E-state index contributed by atoms with van der Waals surface area (Å²) in [6, 6.07) is 8.58. The van der Waals surface area contributed by atoms with Crippen LogP contribution in [-0.2, 0) is 0 Å². The van der Waals surface area contributed by atoms with Crippen LogP contribution in [0.4, 0.5) is 0 Å². The number of hydrogen-bond acceptors (Lipinski definition) is 6. The van der Waals surface area contributed by atoms with E-state index in [2.05, 4.69) is 0 Å². The molecule has 0 radical (unpaired) electrons. The van der Waals surface area contributed by atoms with Crippen molar-refractivity contribution >= 4 is 16.8 Å². The molecule has 1 heterocycles. The van der Waals surface area contributed by atoms with E-state index in [9.17, 15) is 19.8 Å². The third-order valence-electron chi connectivity index (χ3n) is 3.66. The Bertz CT molecular complexity index is 999. The molecule has 122 valence electrons. The number of carbonyl (C=O) groups excluding carboxylic acids is 1. The number of aromatic hydroxyl groups is 2. The molecule has 0 fully saturated rings. The highest BCUT2D eigenvalue weighted by atomic mass is 16.5. The SMILES string of the molecule is COc1c(O)cc2c(=O)cc(-c3ccc(O)cc3)oc2c1C(C)=O. The first-order valence-electron chi connectivity index (χ1n) is 7.10. The van der Waals surface area contributed by atoms with Gasteiger partial charge in [0.05, 0.1) is 12.5 Å². The van der Waals surface area contributed by atoms with Crippen LogP contribution in [-0.4, -0.2) is 23.1 Å². The molecule has 24 heavy (non-hydrogen) atoms. The predicted octanol–water partition coefficient (Wildman–Crippen LogP) is 3.08. The van der Waals surface area contributed by atoms with Gasteiger partial charge in [-0.1, -0.05) is 0 Å². The Kier molecular flexibility index (Phi) is 3.73. The van der Waals surface area contributed by atoms with Gasteiger partial charge in [0.15, 0.2) is 28.3 Å². The van der Waals surface area contributed by atoms with Crippen molar-refractivity contribution in [3.63, 3.8) is 0 Å². The lowest BCUT2D eigenvalue weighted by Crippen LogP contribution is -2.06. The van der Waals surface area contributed by atoms with Crippen LogP contribution in [0.1, 0.15) is 17.3 Å². The summed E-state index contributed by atoms with van der Waals surface area (Å²) in [5.41, 5.74) is 0.214. The maximum absolute atomic E-state index is 12.4. The predicted molar refractivity (Wildman–Crippen MR) is 87.8 cm³/mol. The van der Waals surface area contributed by atoms with E-state index in [1.807, 2.05) is 0 Å². The highest BCUT2D eigenvalue weighted by molar-refractivity contribution is 6.08. The topological polar surface area (TPSA) is 97.0 Å². The average Bonchev–Trinajstić information content (AvgIpc) is 2.54. The second-order valence-corrected chi connectivity index (χ2v) is 5.26. The van der Waals surface area contributed by atoms with E-state index in [0.29, 0.717) is 5.56 Å². The largest absolute Gasteiger partial charge is 0.508 e. The molecule has 6 heteroatoms. The lowest BCUT2D eigenvalue weighted by Gasteiger charge is -2.11. The summed E-state index contributed by atoms with van der Waals surface area (Å²) in [5.74, 6) is -0.430. The number of fused-ring (bicyclic) bond motifs is 1. The second-order valence-electron chi connectivity index (χ2n) is 5.26. The quantitative estimate of drug-likeness (QED) is 0.718. The molecule has 2 aromatic carbocycles. The molecule has 1 aromatic heterocycles. The van der Waals surface area contributed by atoms with Gasteiger partial charge >= 0.3 is 0 Å². The van der Waals surface area contributed by atoms with Crippen molar-refractivity contribution < 1.29 is 24.2 Å². The number of methoxy groups -OCH3 is 1. The fourth-order valence-electron chi connectivity index (χ4n) is 2.55. The van der Waals surface area contributed by atoms with Crippen LogP contribution in [0.2, 0.25) is 0 Å². The molecule has 0 aliphatic heterocycles. The molecule has 3 rings (SSSR count). The van der Waals surface area contributed by atoms with E-state index >= 15 is 0 Å². The van der Waals surface area contributed by atoms with Crippen molar-refractivity contribution in [3.05, 3.63) is 52.2 Å². The Morgan fingerprint density at radius 3 is 2.38 bits per heavy atom. The van der Waals surface area contributed by atoms with Crippen molar-refractivity contribution in [2.45, 2.75) is 6.92 Å². The van der Waals surface area contributed by atoms with Gasteiger partial charge in [-0.15, -0.1) is 0 Å². The number of rotatable bonds is 3. The van der Waals surface area contributed by atoms with Crippen molar-refractivity contribution in [2.24, 2.45) is 0 Å². The van der Waals surface area contributed by atoms with Gasteiger partial charge in [0.1, 0.15) is 17.1 Å². The summed E-state index contributed by atoms with van der Waals surface area (Å²) >= 11 is 0. The molecule has 0 saturated heterocycles. The van der Waals surface area contributed by atoms with Gasteiger partial charge in [0.2, 0.25) is 0 Å². The van der Waals surface area contributed by atoms with Crippen LogP contribution in [0.5, 0.6) is 17.2 Å². The van der Waals surface area contributed by atoms with Crippen LogP contribution in [0.15, 0.2) is 45.6 Å². The molecular formula is C18H14O6.